The molecule has 0 saturated carbocycles. The van der Waals surface area contributed by atoms with Crippen molar-refractivity contribution in [3.63, 3.8) is 0 Å². The van der Waals surface area contributed by atoms with Gasteiger partial charge in [0.25, 0.3) is 11.7 Å². The number of unbranched alkanes of at least 4 members (excludes halogenated alkanes) is 1. The fraction of sp³-hybridized carbons (Fsp3) is 0.429. The highest BCUT2D eigenvalue weighted by Crippen LogP contribution is 2.40. The van der Waals surface area contributed by atoms with Crippen LogP contribution in [0.4, 0.5) is 0 Å². The van der Waals surface area contributed by atoms with E-state index in [9.17, 15) is 14.7 Å². The van der Waals surface area contributed by atoms with E-state index in [1.54, 1.807) is 29.2 Å². The number of carbonyl (C=O) groups excluding carboxylic acids is 2. The van der Waals surface area contributed by atoms with Gasteiger partial charge in [-0.25, -0.2) is 0 Å². The lowest BCUT2D eigenvalue weighted by molar-refractivity contribution is -0.139. The fourth-order valence-electron chi connectivity index (χ4n) is 3.94. The number of ketones is 1. The molecule has 1 unspecified atom stereocenters. The molecule has 0 radical (unpaired) electrons. The van der Waals surface area contributed by atoms with Gasteiger partial charge in [-0.15, -0.1) is 0 Å². The van der Waals surface area contributed by atoms with Crippen LogP contribution in [-0.2, 0) is 9.59 Å². The first kappa shape index (κ1) is 25.3. The minimum Gasteiger partial charge on any atom is -0.507 e. The topological polar surface area (TPSA) is 76.1 Å². The summed E-state index contributed by atoms with van der Waals surface area (Å²) in [7, 11) is 0. The van der Waals surface area contributed by atoms with Crippen LogP contribution < -0.4 is 9.47 Å². The highest BCUT2D eigenvalue weighted by molar-refractivity contribution is 6.46. The number of amides is 1. The van der Waals surface area contributed by atoms with Gasteiger partial charge in [0, 0.05) is 12.1 Å². The molecule has 1 atom stereocenters. The third-order valence-electron chi connectivity index (χ3n) is 5.55. The number of aliphatic hydroxyl groups is 1. The average molecular weight is 466 g/mol. The Morgan fingerprint density at radius 2 is 1.74 bits per heavy atom. The van der Waals surface area contributed by atoms with Crippen LogP contribution in [0.15, 0.2) is 54.1 Å². The van der Waals surface area contributed by atoms with Crippen molar-refractivity contribution in [2.45, 2.75) is 59.6 Å². The molecule has 0 aliphatic carbocycles. The maximum atomic E-state index is 13.1. The van der Waals surface area contributed by atoms with E-state index in [-0.39, 0.29) is 17.4 Å². The molecule has 1 amide bonds. The van der Waals surface area contributed by atoms with Crippen LogP contribution in [0.25, 0.3) is 5.76 Å². The van der Waals surface area contributed by atoms with E-state index in [1.165, 1.54) is 0 Å². The lowest BCUT2D eigenvalue weighted by Crippen LogP contribution is -2.30. The first-order chi connectivity index (χ1) is 16.2. The number of aliphatic hydroxyl groups excluding tert-OH is 1. The van der Waals surface area contributed by atoms with Crippen molar-refractivity contribution < 1.29 is 24.2 Å². The quantitative estimate of drug-likeness (QED) is 0.275. The second-order valence-corrected chi connectivity index (χ2v) is 9.31. The summed E-state index contributed by atoms with van der Waals surface area (Å²) in [4.78, 5) is 27.7. The van der Waals surface area contributed by atoms with Crippen LogP contribution in [0.1, 0.15) is 64.6 Å². The third-order valence-corrected chi connectivity index (χ3v) is 5.55. The van der Waals surface area contributed by atoms with Gasteiger partial charge in [0.15, 0.2) is 0 Å². The van der Waals surface area contributed by atoms with E-state index in [0.717, 1.165) is 18.4 Å². The number of nitrogens with zero attached hydrogens (tertiary/aromatic N) is 1. The number of benzene rings is 2. The fourth-order valence-corrected chi connectivity index (χ4v) is 3.94. The predicted molar refractivity (Wildman–Crippen MR) is 133 cm³/mol. The summed E-state index contributed by atoms with van der Waals surface area (Å²) in [6.07, 6.45) is 1.62. The molecule has 1 heterocycles. The summed E-state index contributed by atoms with van der Waals surface area (Å²) >= 11 is 0. The summed E-state index contributed by atoms with van der Waals surface area (Å²) in [6.45, 7) is 11.1. The molecular formula is C28H35NO5. The molecule has 34 heavy (non-hydrogen) atoms. The maximum Gasteiger partial charge on any atom is 0.295 e. The smallest absolute Gasteiger partial charge is 0.295 e. The molecule has 0 spiro atoms. The van der Waals surface area contributed by atoms with Gasteiger partial charge in [-0.1, -0.05) is 39.3 Å². The van der Waals surface area contributed by atoms with Crippen LogP contribution >= 0.6 is 0 Å². The molecule has 3 rings (SSSR count). The van der Waals surface area contributed by atoms with Gasteiger partial charge in [0.05, 0.1) is 24.3 Å². The summed E-state index contributed by atoms with van der Waals surface area (Å²) in [5, 5.41) is 11.2. The molecule has 0 bridgehead atoms. The van der Waals surface area contributed by atoms with Crippen molar-refractivity contribution in [1.82, 2.24) is 4.90 Å². The molecule has 2 aromatic carbocycles. The van der Waals surface area contributed by atoms with Crippen LogP contribution in [0, 0.1) is 5.92 Å². The molecule has 6 heteroatoms. The normalized spacial score (nSPS) is 17.6. The van der Waals surface area contributed by atoms with Crippen LogP contribution in [0.2, 0.25) is 0 Å². The van der Waals surface area contributed by atoms with Gasteiger partial charge < -0.3 is 19.5 Å². The summed E-state index contributed by atoms with van der Waals surface area (Å²) in [5.74, 6) is 0.278. The minimum atomic E-state index is -0.681. The SMILES string of the molecule is CCCCN1C(=O)C(=O)/C(=C(\O)c2ccc(OCC(C)C)cc2)C1c1cccc(OC(C)C)c1. The molecule has 1 aliphatic heterocycles. The monoisotopic (exact) mass is 465 g/mol. The Hall–Kier alpha value is -3.28. The molecule has 1 N–H and O–H groups in total. The maximum absolute atomic E-state index is 13.1. The Balaban J connectivity index is 2.04. The van der Waals surface area contributed by atoms with Gasteiger partial charge in [-0.2, -0.15) is 0 Å². The predicted octanol–water partition coefficient (Wildman–Crippen LogP) is 5.73. The molecule has 1 saturated heterocycles. The lowest BCUT2D eigenvalue weighted by atomic mass is 9.95. The molecule has 1 aliphatic rings. The van der Waals surface area contributed by atoms with E-state index in [4.69, 9.17) is 9.47 Å². The van der Waals surface area contributed by atoms with E-state index in [1.807, 2.05) is 45.0 Å². The third kappa shape index (κ3) is 5.79. The van der Waals surface area contributed by atoms with E-state index in [2.05, 4.69) is 13.8 Å². The Labute approximate surface area is 202 Å². The standard InChI is InChI=1S/C28H35NO5/c1-6-7-15-29-25(21-9-8-10-23(16-21)34-19(4)5)24(27(31)28(29)32)26(30)20-11-13-22(14-12-20)33-17-18(2)3/h8-14,16,18-19,25,30H,6-7,15,17H2,1-5H3/b26-24-. The van der Waals surface area contributed by atoms with E-state index >= 15 is 0 Å². The van der Waals surface area contributed by atoms with E-state index in [0.29, 0.717) is 36.1 Å². The van der Waals surface area contributed by atoms with E-state index < -0.39 is 17.7 Å². The first-order valence-corrected chi connectivity index (χ1v) is 12.0. The van der Waals surface area contributed by atoms with Crippen molar-refractivity contribution in [1.29, 1.82) is 0 Å². The van der Waals surface area contributed by atoms with Crippen molar-refractivity contribution >= 4 is 17.4 Å². The van der Waals surface area contributed by atoms with Gasteiger partial charge >= 0.3 is 0 Å². The molecular weight excluding hydrogens is 430 g/mol. The Bertz CT molecular complexity index is 1040. The molecule has 1 fully saturated rings. The lowest BCUT2D eigenvalue weighted by Gasteiger charge is -2.25. The van der Waals surface area contributed by atoms with Gasteiger partial charge in [-0.05, 0) is 68.1 Å². The van der Waals surface area contributed by atoms with Gasteiger partial charge in [0.2, 0.25) is 0 Å². The zero-order chi connectivity index (χ0) is 24.8. The summed E-state index contributed by atoms with van der Waals surface area (Å²) in [6, 6.07) is 13.6. The number of likely N-dealkylation sites (tertiary alicyclic amines) is 1. The second kappa shape index (κ2) is 11.2. The highest BCUT2D eigenvalue weighted by Gasteiger charge is 2.45. The summed E-state index contributed by atoms with van der Waals surface area (Å²) in [5.41, 5.74) is 1.29. The van der Waals surface area contributed by atoms with Crippen molar-refractivity contribution in [3.8, 4) is 11.5 Å². The molecule has 2 aromatic rings. The number of hydrogen-bond acceptors (Lipinski definition) is 5. The highest BCUT2D eigenvalue weighted by atomic mass is 16.5. The average Bonchev–Trinajstić information content (AvgIpc) is 3.06. The Morgan fingerprint density at radius 1 is 1.03 bits per heavy atom. The molecule has 0 aromatic heterocycles. The zero-order valence-corrected chi connectivity index (χ0v) is 20.7. The van der Waals surface area contributed by atoms with Gasteiger partial charge in [0.1, 0.15) is 17.3 Å². The Kier molecular flexibility index (Phi) is 8.37. The van der Waals surface area contributed by atoms with Crippen molar-refractivity contribution in [2.75, 3.05) is 13.2 Å². The van der Waals surface area contributed by atoms with Crippen molar-refractivity contribution in [3.05, 3.63) is 65.2 Å². The Morgan fingerprint density at radius 3 is 2.35 bits per heavy atom. The summed E-state index contributed by atoms with van der Waals surface area (Å²) < 4.78 is 11.6. The number of Topliss-reactive ketones (excluding diaryl/α,β-unsaturated/α-hetero) is 1. The molecule has 182 valence electrons. The number of hydrogen-bond donors (Lipinski definition) is 1. The molecule has 6 nitrogen and oxygen atoms in total. The van der Waals surface area contributed by atoms with Crippen molar-refractivity contribution in [2.24, 2.45) is 5.92 Å². The largest absolute Gasteiger partial charge is 0.507 e. The number of carbonyl (C=O) groups is 2. The first-order valence-electron chi connectivity index (χ1n) is 12.0. The second-order valence-electron chi connectivity index (χ2n) is 9.31. The van der Waals surface area contributed by atoms with Crippen LogP contribution in [-0.4, -0.2) is 41.0 Å². The van der Waals surface area contributed by atoms with Crippen LogP contribution in [0.3, 0.4) is 0 Å². The number of ether oxygens (including phenoxy) is 2. The van der Waals surface area contributed by atoms with Gasteiger partial charge in [-0.3, -0.25) is 9.59 Å². The zero-order valence-electron chi connectivity index (χ0n) is 20.7. The number of rotatable bonds is 10. The van der Waals surface area contributed by atoms with Crippen LogP contribution in [0.5, 0.6) is 11.5 Å². The minimum absolute atomic E-state index is 0.0156.